The van der Waals surface area contributed by atoms with Gasteiger partial charge in [-0.05, 0) is 53.4 Å². The molecule has 1 unspecified atom stereocenters. The Morgan fingerprint density at radius 3 is 2.14 bits per heavy atom. The van der Waals surface area contributed by atoms with Crippen LogP contribution in [0.2, 0.25) is 0 Å². The maximum atomic E-state index is 12.1. The largest absolute Gasteiger partial charge is 0.481 e. The van der Waals surface area contributed by atoms with E-state index in [1.807, 2.05) is 0 Å². The number of amides is 1. The molecule has 122 valence electrons. The highest BCUT2D eigenvalue weighted by molar-refractivity contribution is 5.77. The van der Waals surface area contributed by atoms with Crippen molar-refractivity contribution in [2.24, 2.45) is 5.41 Å². The van der Waals surface area contributed by atoms with E-state index in [1.54, 1.807) is 34.7 Å². The van der Waals surface area contributed by atoms with Crippen molar-refractivity contribution in [1.29, 1.82) is 0 Å². The molecule has 0 radical (unpaired) electrons. The van der Waals surface area contributed by atoms with Gasteiger partial charge in [0.05, 0.1) is 11.5 Å². The molecule has 1 rings (SSSR count). The summed E-state index contributed by atoms with van der Waals surface area (Å²) >= 11 is 0. The lowest BCUT2D eigenvalue weighted by molar-refractivity contribution is -0.157. The molecule has 1 aliphatic carbocycles. The van der Waals surface area contributed by atoms with Gasteiger partial charge >= 0.3 is 12.1 Å². The number of aliphatic hydroxyl groups is 1. The fraction of sp³-hybridized carbons (Fsp3) is 0.867. The van der Waals surface area contributed by atoms with Crippen LogP contribution in [0.1, 0.15) is 53.4 Å². The third-order valence-electron chi connectivity index (χ3n) is 4.34. The molecule has 0 aromatic carbocycles. The molecule has 1 amide bonds. The number of ether oxygens (including phenoxy) is 1. The Balaban J connectivity index is 2.89. The van der Waals surface area contributed by atoms with Gasteiger partial charge in [-0.3, -0.25) is 4.79 Å². The van der Waals surface area contributed by atoms with Gasteiger partial charge in [-0.2, -0.15) is 0 Å². The number of nitrogens with zero attached hydrogens (tertiary/aromatic N) is 1. The highest BCUT2D eigenvalue weighted by Gasteiger charge is 2.48. The van der Waals surface area contributed by atoms with Crippen molar-refractivity contribution >= 4 is 12.1 Å². The van der Waals surface area contributed by atoms with Crippen LogP contribution in [0.5, 0.6) is 0 Å². The number of aliphatic hydroxyl groups excluding tert-OH is 1. The number of carbonyl (C=O) groups excluding carboxylic acids is 1. The first-order chi connectivity index (χ1) is 9.49. The Morgan fingerprint density at radius 2 is 1.76 bits per heavy atom. The summed E-state index contributed by atoms with van der Waals surface area (Å²) in [4.78, 5) is 25.3. The zero-order valence-electron chi connectivity index (χ0n) is 13.5. The number of hydrogen-bond acceptors (Lipinski definition) is 4. The summed E-state index contributed by atoms with van der Waals surface area (Å²) in [7, 11) is 1.56. The predicted molar refractivity (Wildman–Crippen MR) is 78.0 cm³/mol. The molecule has 0 heterocycles. The number of rotatable bonds is 3. The molecule has 1 saturated carbocycles. The Kier molecular flexibility index (Phi) is 5.25. The van der Waals surface area contributed by atoms with Crippen molar-refractivity contribution in [3.8, 4) is 0 Å². The van der Waals surface area contributed by atoms with Gasteiger partial charge in [0, 0.05) is 13.1 Å². The van der Waals surface area contributed by atoms with Crippen molar-refractivity contribution in [2.75, 3.05) is 7.05 Å². The van der Waals surface area contributed by atoms with Gasteiger partial charge in [-0.15, -0.1) is 0 Å². The fourth-order valence-electron chi connectivity index (χ4n) is 2.79. The first-order valence-electron chi connectivity index (χ1n) is 7.37. The molecule has 0 saturated heterocycles. The van der Waals surface area contributed by atoms with Crippen LogP contribution in [-0.2, 0) is 9.53 Å². The highest BCUT2D eigenvalue weighted by Crippen LogP contribution is 2.41. The molecule has 0 aromatic rings. The lowest BCUT2D eigenvalue weighted by Crippen LogP contribution is -2.53. The fourth-order valence-corrected chi connectivity index (χ4v) is 2.79. The third-order valence-corrected chi connectivity index (χ3v) is 4.34. The van der Waals surface area contributed by atoms with E-state index in [-0.39, 0.29) is 0 Å². The number of hydrogen-bond donors (Lipinski definition) is 2. The van der Waals surface area contributed by atoms with E-state index in [0.717, 1.165) is 0 Å². The van der Waals surface area contributed by atoms with Crippen LogP contribution in [0.3, 0.4) is 0 Å². The molecule has 2 N–H and O–H groups in total. The van der Waals surface area contributed by atoms with E-state index in [9.17, 15) is 19.8 Å². The average molecular weight is 301 g/mol. The summed E-state index contributed by atoms with van der Waals surface area (Å²) in [5.41, 5.74) is -1.64. The molecule has 0 spiro atoms. The smallest absolute Gasteiger partial charge is 0.410 e. The summed E-state index contributed by atoms with van der Waals surface area (Å²) < 4.78 is 5.30. The van der Waals surface area contributed by atoms with Crippen LogP contribution in [-0.4, -0.2) is 52.0 Å². The molecule has 0 aliphatic heterocycles. The minimum absolute atomic E-state index is 0.359. The second-order valence-corrected chi connectivity index (χ2v) is 6.96. The summed E-state index contributed by atoms with van der Waals surface area (Å²) in [6.07, 6.45) is 0.631. The minimum atomic E-state index is -1.02. The zero-order chi connectivity index (χ0) is 16.4. The van der Waals surface area contributed by atoms with Crippen molar-refractivity contribution in [1.82, 2.24) is 4.90 Å². The molecule has 6 heteroatoms. The van der Waals surface area contributed by atoms with Crippen LogP contribution in [0, 0.1) is 5.41 Å². The predicted octanol–water partition coefficient (Wildman–Crippen LogP) is 2.25. The lowest BCUT2D eigenvalue weighted by Gasteiger charge is -2.43. The maximum absolute atomic E-state index is 12.1. The van der Waals surface area contributed by atoms with Crippen molar-refractivity contribution in [3.05, 3.63) is 0 Å². The monoisotopic (exact) mass is 301 g/mol. The summed E-state index contributed by atoms with van der Waals surface area (Å²) in [6.45, 7) is 7.05. The van der Waals surface area contributed by atoms with E-state index in [0.29, 0.717) is 25.7 Å². The Bertz CT molecular complexity index is 393. The van der Waals surface area contributed by atoms with Crippen LogP contribution < -0.4 is 0 Å². The van der Waals surface area contributed by atoms with Gasteiger partial charge in [-0.25, -0.2) is 4.79 Å². The summed E-state index contributed by atoms with van der Waals surface area (Å²) in [5, 5.41) is 19.3. The first-order valence-corrected chi connectivity index (χ1v) is 7.37. The molecular formula is C15H27NO5. The normalized spacial score (nSPS) is 27.8. The lowest BCUT2D eigenvalue weighted by atomic mass is 9.68. The van der Waals surface area contributed by atoms with Crippen LogP contribution in [0.25, 0.3) is 0 Å². The second-order valence-electron chi connectivity index (χ2n) is 6.96. The van der Waals surface area contributed by atoms with E-state index in [1.165, 1.54) is 4.90 Å². The Hall–Kier alpha value is -1.30. The van der Waals surface area contributed by atoms with Gasteiger partial charge in [0.25, 0.3) is 0 Å². The van der Waals surface area contributed by atoms with E-state index < -0.39 is 35.2 Å². The number of carboxylic acid groups (broad SMARTS) is 1. The number of carbonyl (C=O) groups is 2. The minimum Gasteiger partial charge on any atom is -0.481 e. The second kappa shape index (κ2) is 6.22. The Morgan fingerprint density at radius 1 is 1.29 bits per heavy atom. The Labute approximate surface area is 126 Å². The SMILES string of the molecule is CC(N(C)C(=O)OC(C)(C)C)C1(C(=O)O)CCC(O)CC1. The number of carboxylic acids is 1. The van der Waals surface area contributed by atoms with Gasteiger partial charge in [-0.1, -0.05) is 0 Å². The highest BCUT2D eigenvalue weighted by atomic mass is 16.6. The van der Waals surface area contributed by atoms with Gasteiger partial charge in [0.2, 0.25) is 0 Å². The molecule has 1 fully saturated rings. The van der Waals surface area contributed by atoms with Crippen molar-refractivity contribution < 1.29 is 24.5 Å². The standard InChI is InChI=1S/C15H27NO5/c1-10(16(5)13(20)21-14(2,3)4)15(12(18)19)8-6-11(17)7-9-15/h10-11,17H,6-9H2,1-5H3,(H,18,19). The van der Waals surface area contributed by atoms with E-state index >= 15 is 0 Å². The van der Waals surface area contributed by atoms with Crippen molar-refractivity contribution in [2.45, 2.75) is 71.1 Å². The average Bonchev–Trinajstić information content (AvgIpc) is 2.35. The van der Waals surface area contributed by atoms with Crippen LogP contribution in [0.15, 0.2) is 0 Å². The molecule has 0 aromatic heterocycles. The summed E-state index contributed by atoms with van der Waals surface area (Å²) in [6, 6.07) is -0.502. The number of aliphatic carboxylic acids is 1. The molecule has 6 nitrogen and oxygen atoms in total. The van der Waals surface area contributed by atoms with Gasteiger partial charge < -0.3 is 19.8 Å². The molecular weight excluding hydrogens is 274 g/mol. The first kappa shape index (κ1) is 17.8. The van der Waals surface area contributed by atoms with Crippen molar-refractivity contribution in [3.63, 3.8) is 0 Å². The van der Waals surface area contributed by atoms with Gasteiger partial charge in [0.15, 0.2) is 0 Å². The van der Waals surface area contributed by atoms with Gasteiger partial charge in [0.1, 0.15) is 5.60 Å². The third kappa shape index (κ3) is 4.09. The molecule has 1 atom stereocenters. The van der Waals surface area contributed by atoms with E-state index in [2.05, 4.69) is 0 Å². The molecule has 1 aliphatic rings. The topological polar surface area (TPSA) is 87.1 Å². The molecule has 0 bridgehead atoms. The summed E-state index contributed by atoms with van der Waals surface area (Å²) in [5.74, 6) is -0.919. The molecule has 21 heavy (non-hydrogen) atoms. The maximum Gasteiger partial charge on any atom is 0.410 e. The zero-order valence-corrected chi connectivity index (χ0v) is 13.5. The van der Waals surface area contributed by atoms with Crippen LogP contribution in [0.4, 0.5) is 4.79 Å². The quantitative estimate of drug-likeness (QED) is 0.835. The van der Waals surface area contributed by atoms with E-state index in [4.69, 9.17) is 4.74 Å². The van der Waals surface area contributed by atoms with Crippen LogP contribution >= 0.6 is 0 Å².